The smallest absolute Gasteiger partial charge is 0.214 e. The van der Waals surface area contributed by atoms with Crippen LogP contribution in [0.3, 0.4) is 0 Å². The van der Waals surface area contributed by atoms with Crippen molar-refractivity contribution >= 4 is 22.4 Å². The largest absolute Gasteiger partial charge is 0.317 e. The summed E-state index contributed by atoms with van der Waals surface area (Å²) < 4.78 is 26.0. The van der Waals surface area contributed by atoms with Gasteiger partial charge in [0, 0.05) is 13.1 Å². The van der Waals surface area contributed by atoms with Crippen LogP contribution < -0.4 is 5.32 Å². The van der Waals surface area contributed by atoms with Crippen molar-refractivity contribution in [3.8, 4) is 0 Å². The fourth-order valence-corrected chi connectivity index (χ4v) is 4.46. The molecular weight excluding hydrogens is 272 g/mol. The van der Waals surface area contributed by atoms with E-state index in [1.807, 2.05) is 0 Å². The van der Waals surface area contributed by atoms with Crippen LogP contribution in [-0.2, 0) is 10.0 Å². The maximum Gasteiger partial charge on any atom is 0.214 e. The van der Waals surface area contributed by atoms with Gasteiger partial charge in [0.1, 0.15) is 0 Å². The zero-order valence-corrected chi connectivity index (χ0v) is 12.6. The van der Waals surface area contributed by atoms with Crippen LogP contribution in [0.25, 0.3) is 0 Å². The molecule has 2 rings (SSSR count). The highest BCUT2D eigenvalue weighted by molar-refractivity contribution is 7.89. The maximum atomic E-state index is 12.1. The monoisotopic (exact) mass is 296 g/mol. The number of halogens is 1. The van der Waals surface area contributed by atoms with Crippen LogP contribution in [0.5, 0.6) is 0 Å². The van der Waals surface area contributed by atoms with Crippen molar-refractivity contribution in [3.63, 3.8) is 0 Å². The summed E-state index contributed by atoms with van der Waals surface area (Å²) >= 11 is 0. The number of hydrogen-bond donors (Lipinski definition) is 1. The fourth-order valence-electron chi connectivity index (χ4n) is 2.76. The van der Waals surface area contributed by atoms with Gasteiger partial charge in [-0.05, 0) is 51.1 Å². The van der Waals surface area contributed by atoms with Crippen LogP contribution in [-0.4, -0.2) is 44.7 Å². The third kappa shape index (κ3) is 4.68. The topological polar surface area (TPSA) is 49.4 Å². The Morgan fingerprint density at radius 1 is 1.06 bits per heavy atom. The van der Waals surface area contributed by atoms with Gasteiger partial charge in [-0.1, -0.05) is 6.42 Å². The molecule has 2 aliphatic heterocycles. The van der Waals surface area contributed by atoms with E-state index in [1.165, 1.54) is 6.42 Å². The van der Waals surface area contributed by atoms with Gasteiger partial charge >= 0.3 is 0 Å². The highest BCUT2D eigenvalue weighted by atomic mass is 35.5. The molecular formula is C12H25ClN2O2S. The van der Waals surface area contributed by atoms with E-state index in [-0.39, 0.29) is 12.4 Å². The first-order valence-corrected chi connectivity index (χ1v) is 8.48. The maximum absolute atomic E-state index is 12.1. The van der Waals surface area contributed by atoms with Crippen molar-refractivity contribution in [3.05, 3.63) is 0 Å². The minimum absolute atomic E-state index is 0. The first-order chi connectivity index (χ1) is 8.18. The van der Waals surface area contributed by atoms with E-state index in [4.69, 9.17) is 0 Å². The zero-order valence-electron chi connectivity index (χ0n) is 10.9. The number of nitrogens with one attached hydrogen (secondary N) is 1. The second-order valence-corrected chi connectivity index (χ2v) is 7.35. The van der Waals surface area contributed by atoms with Gasteiger partial charge in [0.2, 0.25) is 10.0 Å². The lowest BCUT2D eigenvalue weighted by Gasteiger charge is -2.27. The molecule has 0 bridgehead atoms. The van der Waals surface area contributed by atoms with Crippen LogP contribution in [0.1, 0.15) is 38.5 Å². The molecule has 0 spiro atoms. The summed E-state index contributed by atoms with van der Waals surface area (Å²) in [6.45, 7) is 3.59. The third-order valence-corrected chi connectivity index (χ3v) is 5.85. The van der Waals surface area contributed by atoms with E-state index < -0.39 is 10.0 Å². The lowest BCUT2D eigenvalue weighted by atomic mass is 9.96. The minimum atomic E-state index is -2.97. The first kappa shape index (κ1) is 16.2. The van der Waals surface area contributed by atoms with E-state index >= 15 is 0 Å². The predicted molar refractivity (Wildman–Crippen MR) is 76.7 cm³/mol. The van der Waals surface area contributed by atoms with E-state index in [0.29, 0.717) is 11.7 Å². The Bertz CT molecular complexity index is 323. The lowest BCUT2D eigenvalue weighted by Crippen LogP contribution is -2.38. The Labute approximate surface area is 117 Å². The van der Waals surface area contributed by atoms with Gasteiger partial charge in [0.15, 0.2) is 0 Å². The molecule has 0 atom stereocenters. The summed E-state index contributed by atoms with van der Waals surface area (Å²) in [6, 6.07) is 0. The minimum Gasteiger partial charge on any atom is -0.317 e. The van der Waals surface area contributed by atoms with Gasteiger partial charge < -0.3 is 5.32 Å². The second-order valence-electron chi connectivity index (χ2n) is 5.26. The number of piperidine rings is 2. The third-order valence-electron chi connectivity index (χ3n) is 3.95. The van der Waals surface area contributed by atoms with E-state index in [9.17, 15) is 8.42 Å². The van der Waals surface area contributed by atoms with Gasteiger partial charge in [-0.2, -0.15) is 0 Å². The Balaban J connectivity index is 0.00000162. The van der Waals surface area contributed by atoms with Crippen LogP contribution in [0, 0.1) is 5.92 Å². The summed E-state index contributed by atoms with van der Waals surface area (Å²) in [5, 5.41) is 3.32. The van der Waals surface area contributed by atoms with Gasteiger partial charge in [-0.25, -0.2) is 12.7 Å². The first-order valence-electron chi connectivity index (χ1n) is 6.87. The Hall–Kier alpha value is 0.160. The number of nitrogens with zero attached hydrogens (tertiary/aromatic N) is 1. The van der Waals surface area contributed by atoms with Crippen molar-refractivity contribution in [2.45, 2.75) is 38.5 Å². The average Bonchev–Trinajstić information content (AvgIpc) is 2.39. The van der Waals surface area contributed by atoms with Gasteiger partial charge in [-0.3, -0.25) is 0 Å². The van der Waals surface area contributed by atoms with Crippen molar-refractivity contribution in [1.29, 1.82) is 0 Å². The van der Waals surface area contributed by atoms with E-state index in [0.717, 1.165) is 58.3 Å². The standard InChI is InChI=1S/C12H24N2O2S.ClH/c15-17(16,14-9-2-1-3-10-14)11-6-12-4-7-13-8-5-12;/h12-13H,1-11H2;1H. The summed E-state index contributed by atoms with van der Waals surface area (Å²) in [5.41, 5.74) is 0. The normalized spacial score (nSPS) is 23.6. The Morgan fingerprint density at radius 2 is 1.67 bits per heavy atom. The highest BCUT2D eigenvalue weighted by Crippen LogP contribution is 2.19. The molecule has 2 saturated heterocycles. The fraction of sp³-hybridized carbons (Fsp3) is 1.00. The summed E-state index contributed by atoms with van der Waals surface area (Å²) in [6.07, 6.45) is 6.37. The van der Waals surface area contributed by atoms with Crippen molar-refractivity contribution in [1.82, 2.24) is 9.62 Å². The molecule has 0 aromatic heterocycles. The molecule has 18 heavy (non-hydrogen) atoms. The number of rotatable bonds is 4. The predicted octanol–water partition coefficient (Wildman–Crippen LogP) is 1.61. The van der Waals surface area contributed by atoms with Crippen LogP contribution in [0.4, 0.5) is 0 Å². The van der Waals surface area contributed by atoms with Gasteiger partial charge in [-0.15, -0.1) is 12.4 Å². The molecule has 108 valence electrons. The van der Waals surface area contributed by atoms with Gasteiger partial charge in [0.05, 0.1) is 5.75 Å². The SMILES string of the molecule is Cl.O=S(=O)(CCC1CCNCC1)N1CCCCC1. The van der Waals surface area contributed by atoms with Gasteiger partial charge in [0.25, 0.3) is 0 Å². The molecule has 0 saturated carbocycles. The molecule has 0 aromatic rings. The molecule has 4 nitrogen and oxygen atoms in total. The quantitative estimate of drug-likeness (QED) is 0.857. The Morgan fingerprint density at radius 3 is 2.28 bits per heavy atom. The summed E-state index contributed by atoms with van der Waals surface area (Å²) in [5.74, 6) is 0.966. The molecule has 0 unspecified atom stereocenters. The molecule has 0 aromatic carbocycles. The molecule has 6 heteroatoms. The molecule has 0 aliphatic carbocycles. The summed E-state index contributed by atoms with van der Waals surface area (Å²) in [7, 11) is -2.97. The van der Waals surface area contributed by atoms with Crippen LogP contribution in [0.15, 0.2) is 0 Å². The highest BCUT2D eigenvalue weighted by Gasteiger charge is 2.25. The summed E-state index contributed by atoms with van der Waals surface area (Å²) in [4.78, 5) is 0. The second kappa shape index (κ2) is 7.68. The molecule has 2 aliphatic rings. The molecule has 0 radical (unpaired) electrons. The average molecular weight is 297 g/mol. The number of sulfonamides is 1. The lowest BCUT2D eigenvalue weighted by molar-refractivity contribution is 0.336. The molecule has 0 amide bonds. The molecule has 1 N–H and O–H groups in total. The number of hydrogen-bond acceptors (Lipinski definition) is 3. The van der Waals surface area contributed by atoms with E-state index in [2.05, 4.69) is 5.32 Å². The molecule has 2 fully saturated rings. The van der Waals surface area contributed by atoms with Crippen molar-refractivity contribution in [2.24, 2.45) is 5.92 Å². The van der Waals surface area contributed by atoms with Crippen LogP contribution >= 0.6 is 12.4 Å². The zero-order chi connectivity index (χ0) is 12.1. The van der Waals surface area contributed by atoms with Crippen molar-refractivity contribution < 1.29 is 8.42 Å². The van der Waals surface area contributed by atoms with Crippen LogP contribution in [0.2, 0.25) is 0 Å². The van der Waals surface area contributed by atoms with E-state index in [1.54, 1.807) is 4.31 Å². The molecule has 2 heterocycles. The Kier molecular flexibility index (Phi) is 6.92. The van der Waals surface area contributed by atoms with Crippen molar-refractivity contribution in [2.75, 3.05) is 31.9 Å².